The minimum absolute atomic E-state index is 0.0336. The molecule has 1 aliphatic rings. The van der Waals surface area contributed by atoms with E-state index in [0.29, 0.717) is 12.1 Å². The fourth-order valence-corrected chi connectivity index (χ4v) is 2.57. The number of carbonyl (C=O) groups excluding carboxylic acids is 1. The molecule has 0 aromatic heterocycles. The van der Waals surface area contributed by atoms with Crippen LogP contribution in [-0.4, -0.2) is 17.4 Å². The highest BCUT2D eigenvalue weighted by atomic mass is 19.1. The van der Waals surface area contributed by atoms with E-state index in [1.54, 1.807) is 18.2 Å². The Morgan fingerprint density at radius 2 is 1.90 bits per heavy atom. The van der Waals surface area contributed by atoms with Crippen molar-refractivity contribution >= 4 is 12.0 Å². The molecule has 0 radical (unpaired) electrons. The van der Waals surface area contributed by atoms with Gasteiger partial charge < -0.3 is 4.90 Å². The summed E-state index contributed by atoms with van der Waals surface area (Å²) in [6.07, 6.45) is 4.06. The summed E-state index contributed by atoms with van der Waals surface area (Å²) in [5.41, 5.74) is 3.22. The third-order valence-electron chi connectivity index (χ3n) is 3.71. The Morgan fingerprint density at radius 1 is 1.10 bits per heavy atom. The zero-order chi connectivity index (χ0) is 14.7. The van der Waals surface area contributed by atoms with Crippen molar-refractivity contribution in [1.82, 2.24) is 4.90 Å². The van der Waals surface area contributed by atoms with Crippen molar-refractivity contribution in [2.24, 2.45) is 0 Å². The molecular weight excluding hydrogens is 265 g/mol. The Balaban J connectivity index is 1.69. The van der Waals surface area contributed by atoms with E-state index >= 15 is 0 Å². The highest BCUT2D eigenvalue weighted by Crippen LogP contribution is 2.18. The first-order valence-electron chi connectivity index (χ1n) is 7.02. The molecule has 2 aromatic carbocycles. The summed E-state index contributed by atoms with van der Waals surface area (Å²) >= 11 is 0. The van der Waals surface area contributed by atoms with Crippen LogP contribution < -0.4 is 0 Å². The number of fused-ring (bicyclic) bond motifs is 1. The van der Waals surface area contributed by atoms with Gasteiger partial charge in [0.25, 0.3) is 0 Å². The van der Waals surface area contributed by atoms with Crippen molar-refractivity contribution in [3.05, 3.63) is 77.1 Å². The van der Waals surface area contributed by atoms with Crippen LogP contribution >= 0.6 is 0 Å². The number of halogens is 1. The number of hydrogen-bond acceptors (Lipinski definition) is 1. The fourth-order valence-electron chi connectivity index (χ4n) is 2.57. The van der Waals surface area contributed by atoms with Crippen molar-refractivity contribution in [3.8, 4) is 0 Å². The lowest BCUT2D eigenvalue weighted by molar-refractivity contribution is -0.126. The maximum Gasteiger partial charge on any atom is 0.246 e. The van der Waals surface area contributed by atoms with E-state index in [0.717, 1.165) is 13.0 Å². The van der Waals surface area contributed by atoms with Crippen LogP contribution in [0.25, 0.3) is 6.08 Å². The van der Waals surface area contributed by atoms with Gasteiger partial charge in [0.1, 0.15) is 5.82 Å². The minimum Gasteiger partial charge on any atom is -0.334 e. The number of nitrogens with zero attached hydrogens (tertiary/aromatic N) is 1. The first-order valence-corrected chi connectivity index (χ1v) is 7.02. The topological polar surface area (TPSA) is 20.3 Å². The molecule has 1 heterocycles. The average Bonchev–Trinajstić information content (AvgIpc) is 2.52. The fraction of sp³-hybridized carbons (Fsp3) is 0.167. The zero-order valence-corrected chi connectivity index (χ0v) is 11.6. The molecule has 106 valence electrons. The largest absolute Gasteiger partial charge is 0.334 e. The van der Waals surface area contributed by atoms with Gasteiger partial charge in [-0.05, 0) is 41.3 Å². The Labute approximate surface area is 123 Å². The molecule has 0 fully saturated rings. The molecule has 0 aliphatic carbocycles. The van der Waals surface area contributed by atoms with Crippen molar-refractivity contribution in [1.29, 1.82) is 0 Å². The van der Waals surface area contributed by atoms with Crippen molar-refractivity contribution in [3.63, 3.8) is 0 Å². The van der Waals surface area contributed by atoms with Crippen molar-refractivity contribution < 1.29 is 9.18 Å². The quantitative estimate of drug-likeness (QED) is 0.772. The molecule has 0 atom stereocenters. The molecule has 0 saturated carbocycles. The van der Waals surface area contributed by atoms with Gasteiger partial charge in [0.05, 0.1) is 0 Å². The first-order chi connectivity index (χ1) is 10.2. The van der Waals surface area contributed by atoms with Crippen molar-refractivity contribution in [2.75, 3.05) is 6.54 Å². The van der Waals surface area contributed by atoms with E-state index in [2.05, 4.69) is 12.1 Å². The summed E-state index contributed by atoms with van der Waals surface area (Å²) in [7, 11) is 0. The van der Waals surface area contributed by atoms with Crippen LogP contribution in [0.4, 0.5) is 4.39 Å². The SMILES string of the molecule is O=C(C=Cc1cccc(F)c1)N1CCc2ccccc2C1. The second-order valence-corrected chi connectivity index (χ2v) is 5.17. The lowest BCUT2D eigenvalue weighted by Crippen LogP contribution is -2.34. The van der Waals surface area contributed by atoms with Gasteiger partial charge in [-0.2, -0.15) is 0 Å². The Morgan fingerprint density at radius 3 is 2.71 bits per heavy atom. The minimum atomic E-state index is -0.295. The Bertz CT molecular complexity index is 693. The van der Waals surface area contributed by atoms with Crippen LogP contribution in [0.1, 0.15) is 16.7 Å². The van der Waals surface area contributed by atoms with Crippen LogP contribution in [0.2, 0.25) is 0 Å². The Hall–Kier alpha value is -2.42. The van der Waals surface area contributed by atoms with Gasteiger partial charge in [0.2, 0.25) is 5.91 Å². The molecule has 0 N–H and O–H groups in total. The van der Waals surface area contributed by atoms with Crippen LogP contribution in [0.15, 0.2) is 54.6 Å². The van der Waals surface area contributed by atoms with Gasteiger partial charge in [-0.25, -0.2) is 4.39 Å². The summed E-state index contributed by atoms with van der Waals surface area (Å²) < 4.78 is 13.1. The molecule has 1 aliphatic heterocycles. The summed E-state index contributed by atoms with van der Waals surface area (Å²) in [4.78, 5) is 14.0. The van der Waals surface area contributed by atoms with Crippen molar-refractivity contribution in [2.45, 2.75) is 13.0 Å². The highest BCUT2D eigenvalue weighted by Gasteiger charge is 2.18. The first kappa shape index (κ1) is 13.6. The molecular formula is C18H16FNO. The number of carbonyl (C=O) groups is 1. The lowest BCUT2D eigenvalue weighted by Gasteiger charge is -2.27. The summed E-state index contributed by atoms with van der Waals surface area (Å²) in [5.74, 6) is -0.328. The second-order valence-electron chi connectivity index (χ2n) is 5.17. The molecule has 0 bridgehead atoms. The maximum atomic E-state index is 13.1. The van der Waals surface area contributed by atoms with Gasteiger partial charge in [-0.1, -0.05) is 36.4 Å². The van der Waals surface area contributed by atoms with E-state index < -0.39 is 0 Å². The average molecular weight is 281 g/mol. The third-order valence-corrected chi connectivity index (χ3v) is 3.71. The predicted molar refractivity (Wildman–Crippen MR) is 81.0 cm³/mol. The van der Waals surface area contributed by atoms with Crippen LogP contribution in [0.3, 0.4) is 0 Å². The smallest absolute Gasteiger partial charge is 0.246 e. The second kappa shape index (κ2) is 5.92. The van der Waals surface area contributed by atoms with Crippen LogP contribution in [-0.2, 0) is 17.8 Å². The number of hydrogen-bond donors (Lipinski definition) is 0. The number of amides is 1. The van der Waals surface area contributed by atoms with Gasteiger partial charge in [0, 0.05) is 19.2 Å². The summed E-state index contributed by atoms with van der Waals surface area (Å²) in [6.45, 7) is 1.37. The molecule has 0 saturated heterocycles. The van der Waals surface area contributed by atoms with E-state index in [1.807, 2.05) is 17.0 Å². The molecule has 0 spiro atoms. The summed E-state index contributed by atoms with van der Waals surface area (Å²) in [6, 6.07) is 14.4. The molecule has 3 heteroatoms. The highest BCUT2D eigenvalue weighted by molar-refractivity contribution is 5.91. The summed E-state index contributed by atoms with van der Waals surface area (Å²) in [5, 5.41) is 0. The molecule has 0 unspecified atom stereocenters. The monoisotopic (exact) mass is 281 g/mol. The zero-order valence-electron chi connectivity index (χ0n) is 11.6. The molecule has 3 rings (SSSR count). The predicted octanol–water partition coefficient (Wildman–Crippen LogP) is 3.42. The molecule has 1 amide bonds. The standard InChI is InChI=1S/C18H16FNO/c19-17-7-3-4-14(12-17)8-9-18(21)20-11-10-15-5-1-2-6-16(15)13-20/h1-9,12H,10-11,13H2. The number of rotatable bonds is 2. The van der Waals surface area contributed by atoms with E-state index in [9.17, 15) is 9.18 Å². The van der Waals surface area contributed by atoms with E-state index in [1.165, 1.54) is 29.3 Å². The molecule has 21 heavy (non-hydrogen) atoms. The number of benzene rings is 2. The van der Waals surface area contributed by atoms with Crippen LogP contribution in [0, 0.1) is 5.82 Å². The van der Waals surface area contributed by atoms with Gasteiger partial charge in [-0.3, -0.25) is 4.79 Å². The van der Waals surface area contributed by atoms with Gasteiger partial charge in [-0.15, -0.1) is 0 Å². The molecule has 2 nitrogen and oxygen atoms in total. The third kappa shape index (κ3) is 3.19. The van der Waals surface area contributed by atoms with E-state index in [4.69, 9.17) is 0 Å². The normalized spacial score (nSPS) is 14.2. The lowest BCUT2D eigenvalue weighted by atomic mass is 10.00. The van der Waals surface area contributed by atoms with Crippen LogP contribution in [0.5, 0.6) is 0 Å². The Kier molecular flexibility index (Phi) is 3.82. The van der Waals surface area contributed by atoms with E-state index in [-0.39, 0.29) is 11.7 Å². The molecule has 2 aromatic rings. The maximum absolute atomic E-state index is 13.1. The van der Waals surface area contributed by atoms with Gasteiger partial charge >= 0.3 is 0 Å². The van der Waals surface area contributed by atoms with Gasteiger partial charge in [0.15, 0.2) is 0 Å².